The molecular weight excluding hydrogens is 300 g/mol. The smallest absolute Gasteiger partial charge is 0.320 e. The zero-order valence-corrected chi connectivity index (χ0v) is 13.3. The van der Waals surface area contributed by atoms with Crippen molar-refractivity contribution >= 4 is 11.9 Å². The van der Waals surface area contributed by atoms with Crippen LogP contribution in [0.25, 0.3) is 0 Å². The van der Waals surface area contributed by atoms with E-state index in [-0.39, 0.29) is 0 Å². The molecule has 1 heterocycles. The Morgan fingerprint density at radius 1 is 1.00 bits per heavy atom. The minimum Gasteiger partial charge on any atom is -0.480 e. The minimum atomic E-state index is -0.952. The van der Waals surface area contributed by atoms with Crippen molar-refractivity contribution in [2.24, 2.45) is 11.5 Å². The first-order valence-corrected chi connectivity index (χ1v) is 7.91. The second-order valence-electron chi connectivity index (χ2n) is 5.77. The van der Waals surface area contributed by atoms with Crippen LogP contribution in [0, 0.1) is 0 Å². The number of carboxylic acid groups (broad SMARTS) is 2. The quantitative estimate of drug-likeness (QED) is 0.314. The molecule has 0 amide bonds. The van der Waals surface area contributed by atoms with Gasteiger partial charge in [-0.15, -0.1) is 0 Å². The summed E-state index contributed by atoms with van der Waals surface area (Å²) in [7, 11) is 0. The number of carbonyl (C=O) groups is 2. The summed E-state index contributed by atoms with van der Waals surface area (Å²) in [5.41, 5.74) is 10.9. The van der Waals surface area contributed by atoms with Gasteiger partial charge in [0.1, 0.15) is 24.5 Å². The van der Waals surface area contributed by atoms with Crippen LogP contribution in [0.1, 0.15) is 38.5 Å². The van der Waals surface area contributed by atoms with Crippen LogP contribution in [0.15, 0.2) is 18.7 Å². The van der Waals surface area contributed by atoms with E-state index >= 15 is 0 Å². The highest BCUT2D eigenvalue weighted by Gasteiger charge is 2.12. The fourth-order valence-electron chi connectivity index (χ4n) is 2.27. The fraction of sp³-hybridized carbons (Fsp3) is 0.667. The molecule has 8 heteroatoms. The lowest BCUT2D eigenvalue weighted by molar-refractivity contribution is -0.696. The zero-order valence-electron chi connectivity index (χ0n) is 13.3. The van der Waals surface area contributed by atoms with Crippen LogP contribution in [0.4, 0.5) is 0 Å². The molecule has 8 nitrogen and oxygen atoms in total. The second kappa shape index (κ2) is 9.96. The third-order valence-electron chi connectivity index (χ3n) is 3.74. The van der Waals surface area contributed by atoms with Crippen molar-refractivity contribution in [2.75, 3.05) is 0 Å². The predicted octanol–water partition coefficient (Wildman–Crippen LogP) is -0.0600. The van der Waals surface area contributed by atoms with Crippen molar-refractivity contribution in [2.45, 2.75) is 63.7 Å². The maximum Gasteiger partial charge on any atom is 0.320 e. The van der Waals surface area contributed by atoms with Gasteiger partial charge >= 0.3 is 11.9 Å². The molecule has 130 valence electrons. The van der Waals surface area contributed by atoms with Crippen molar-refractivity contribution in [3.63, 3.8) is 0 Å². The van der Waals surface area contributed by atoms with Crippen molar-refractivity contribution in [3.8, 4) is 0 Å². The molecule has 0 aromatic carbocycles. The van der Waals surface area contributed by atoms with E-state index < -0.39 is 24.0 Å². The second-order valence-corrected chi connectivity index (χ2v) is 5.77. The summed E-state index contributed by atoms with van der Waals surface area (Å²) in [6.07, 6.45) is 10.2. The summed E-state index contributed by atoms with van der Waals surface area (Å²) in [6.45, 7) is 1.65. The molecule has 0 fully saturated rings. The van der Waals surface area contributed by atoms with Gasteiger partial charge in [0.05, 0.1) is 13.1 Å². The first kappa shape index (κ1) is 19.1. The van der Waals surface area contributed by atoms with E-state index in [1.807, 2.05) is 18.7 Å². The highest BCUT2D eigenvalue weighted by atomic mass is 16.4. The summed E-state index contributed by atoms with van der Waals surface area (Å²) in [5.74, 6) is -1.90. The molecule has 0 aliphatic carbocycles. The molecule has 6 N–H and O–H groups in total. The third-order valence-corrected chi connectivity index (χ3v) is 3.74. The van der Waals surface area contributed by atoms with Crippen LogP contribution in [0.3, 0.4) is 0 Å². The van der Waals surface area contributed by atoms with Gasteiger partial charge in [-0.2, -0.15) is 0 Å². The van der Waals surface area contributed by atoms with Gasteiger partial charge in [-0.05, 0) is 38.5 Å². The lowest BCUT2D eigenvalue weighted by Gasteiger charge is -2.05. The molecule has 0 spiro atoms. The Bertz CT molecular complexity index is 461. The summed E-state index contributed by atoms with van der Waals surface area (Å²) >= 11 is 0. The average Bonchev–Trinajstić information content (AvgIpc) is 2.95. The number of rotatable bonds is 12. The maximum atomic E-state index is 10.6. The lowest BCUT2D eigenvalue weighted by atomic mass is 10.1. The SMILES string of the molecule is N[C@H](CCCCn1cc[n+](CCCC[C@H](N)C(=O)O)c1)C(=O)O. The number of nitrogens with zero attached hydrogens (tertiary/aromatic N) is 2. The van der Waals surface area contributed by atoms with Gasteiger partial charge in [-0.3, -0.25) is 9.59 Å². The van der Waals surface area contributed by atoms with Gasteiger partial charge in [0.2, 0.25) is 6.33 Å². The molecule has 1 rings (SSSR count). The van der Waals surface area contributed by atoms with Gasteiger partial charge in [-0.1, -0.05) is 0 Å². The van der Waals surface area contributed by atoms with E-state index in [9.17, 15) is 9.59 Å². The van der Waals surface area contributed by atoms with Crippen LogP contribution < -0.4 is 16.0 Å². The topological polar surface area (TPSA) is 135 Å². The van der Waals surface area contributed by atoms with E-state index in [0.717, 1.165) is 38.8 Å². The fourth-order valence-corrected chi connectivity index (χ4v) is 2.27. The van der Waals surface area contributed by atoms with Crippen molar-refractivity contribution < 1.29 is 24.4 Å². The number of hydrogen-bond donors (Lipinski definition) is 4. The number of hydrogen-bond acceptors (Lipinski definition) is 4. The van der Waals surface area contributed by atoms with Crippen molar-refractivity contribution in [1.29, 1.82) is 0 Å². The van der Waals surface area contributed by atoms with Crippen molar-refractivity contribution in [3.05, 3.63) is 18.7 Å². The van der Waals surface area contributed by atoms with Crippen molar-refractivity contribution in [1.82, 2.24) is 4.57 Å². The summed E-state index contributed by atoms with van der Waals surface area (Å²) in [6, 6.07) is -1.55. The molecule has 23 heavy (non-hydrogen) atoms. The van der Waals surface area contributed by atoms with Gasteiger partial charge in [0, 0.05) is 0 Å². The number of aromatic nitrogens is 2. The van der Waals surface area contributed by atoms with Crippen LogP contribution in [0.5, 0.6) is 0 Å². The number of unbranched alkanes of at least 4 members (excludes halogenated alkanes) is 2. The summed E-state index contributed by atoms with van der Waals surface area (Å²) in [5, 5.41) is 17.4. The zero-order chi connectivity index (χ0) is 17.2. The summed E-state index contributed by atoms with van der Waals surface area (Å²) < 4.78 is 4.10. The Kier molecular flexibility index (Phi) is 8.28. The molecule has 1 aromatic heterocycles. The van der Waals surface area contributed by atoms with Gasteiger partial charge in [-0.25, -0.2) is 9.13 Å². The molecule has 0 aliphatic rings. The largest absolute Gasteiger partial charge is 0.480 e. The Morgan fingerprint density at radius 3 is 2.13 bits per heavy atom. The Balaban J connectivity index is 2.17. The standard InChI is InChI=1S/C15H26N4O4/c16-12(14(20)21)5-1-3-7-18-9-10-19(11-18)8-4-2-6-13(17)15(22)23/h9-13H,1-8,16-17H2,(H-,20,21,22,23)/p+1/t12-,13+. The number of imidazole rings is 1. The first-order chi connectivity index (χ1) is 10.9. The van der Waals surface area contributed by atoms with E-state index in [2.05, 4.69) is 9.13 Å². The maximum absolute atomic E-state index is 10.6. The van der Waals surface area contributed by atoms with Gasteiger partial charge in [0.15, 0.2) is 0 Å². The highest BCUT2D eigenvalue weighted by molar-refractivity contribution is 5.73. The summed E-state index contributed by atoms with van der Waals surface area (Å²) in [4.78, 5) is 21.2. The molecule has 0 saturated carbocycles. The number of aliphatic carboxylic acids is 2. The Hall–Kier alpha value is -1.93. The average molecular weight is 327 g/mol. The van der Waals surface area contributed by atoms with Crippen LogP contribution >= 0.6 is 0 Å². The highest BCUT2D eigenvalue weighted by Crippen LogP contribution is 2.02. The number of carboxylic acids is 2. The van der Waals surface area contributed by atoms with E-state index in [0.29, 0.717) is 12.8 Å². The van der Waals surface area contributed by atoms with E-state index in [1.165, 1.54) is 0 Å². The van der Waals surface area contributed by atoms with Gasteiger partial charge < -0.3 is 21.7 Å². The monoisotopic (exact) mass is 327 g/mol. The van der Waals surface area contributed by atoms with E-state index in [1.54, 1.807) is 0 Å². The predicted molar refractivity (Wildman–Crippen MR) is 83.6 cm³/mol. The third kappa shape index (κ3) is 7.75. The molecule has 0 saturated heterocycles. The molecule has 0 radical (unpaired) electrons. The first-order valence-electron chi connectivity index (χ1n) is 7.91. The Labute approximate surface area is 135 Å². The minimum absolute atomic E-state index is 0.487. The molecular formula is C15H27N4O4+. The van der Waals surface area contributed by atoms with Crippen LogP contribution in [0.2, 0.25) is 0 Å². The van der Waals surface area contributed by atoms with Crippen LogP contribution in [-0.2, 0) is 22.7 Å². The lowest BCUT2D eigenvalue weighted by Crippen LogP contribution is -2.32. The molecule has 0 unspecified atom stereocenters. The van der Waals surface area contributed by atoms with Gasteiger partial charge in [0.25, 0.3) is 0 Å². The molecule has 0 bridgehead atoms. The van der Waals surface area contributed by atoms with Crippen LogP contribution in [-0.4, -0.2) is 38.8 Å². The molecule has 2 atom stereocenters. The number of nitrogens with two attached hydrogens (primary N) is 2. The number of aryl methyl sites for hydroxylation is 2. The normalized spacial score (nSPS) is 13.7. The van der Waals surface area contributed by atoms with E-state index in [4.69, 9.17) is 21.7 Å². The Morgan fingerprint density at radius 2 is 1.57 bits per heavy atom. The molecule has 0 aliphatic heterocycles. The molecule has 1 aromatic rings.